The molecule has 1 fully saturated rings. The largest absolute Gasteiger partial charge is 0.396 e. The summed E-state index contributed by atoms with van der Waals surface area (Å²) in [4.78, 5) is 2.32. The maximum atomic E-state index is 9.20. The van der Waals surface area contributed by atoms with Gasteiger partial charge >= 0.3 is 0 Å². The van der Waals surface area contributed by atoms with Gasteiger partial charge in [0, 0.05) is 23.7 Å². The summed E-state index contributed by atoms with van der Waals surface area (Å²) in [6, 6.07) is 8.51. The Morgan fingerprint density at radius 1 is 1.50 bits per heavy atom. The number of aliphatic hydroxyl groups excluding tert-OH is 1. The smallest absolute Gasteiger partial charge is 0.101 e. The van der Waals surface area contributed by atoms with Crippen molar-refractivity contribution in [3.8, 4) is 6.07 Å². The van der Waals surface area contributed by atoms with Crippen LogP contribution in [0.15, 0.2) is 22.7 Å². The third-order valence-corrected chi connectivity index (χ3v) is 3.96. The van der Waals surface area contributed by atoms with E-state index in [0.29, 0.717) is 6.04 Å². The zero-order valence-corrected chi connectivity index (χ0v) is 11.9. The van der Waals surface area contributed by atoms with Gasteiger partial charge in [0.2, 0.25) is 0 Å². The Kier molecular flexibility index (Phi) is 4.62. The van der Waals surface area contributed by atoms with E-state index in [1.54, 1.807) is 0 Å². The Morgan fingerprint density at radius 2 is 2.33 bits per heavy atom. The Bertz CT molecular complexity index is 456. The lowest BCUT2D eigenvalue weighted by Gasteiger charge is -2.27. The molecule has 0 radical (unpaired) electrons. The van der Waals surface area contributed by atoms with Crippen LogP contribution in [0.5, 0.6) is 0 Å². The van der Waals surface area contributed by atoms with E-state index in [-0.39, 0.29) is 6.61 Å². The zero-order chi connectivity index (χ0) is 13.0. The van der Waals surface area contributed by atoms with Gasteiger partial charge in [0.25, 0.3) is 0 Å². The molecule has 96 valence electrons. The predicted octanol–water partition coefficient (Wildman–Crippen LogP) is 3.06. The molecule has 4 heteroatoms. The molecular formula is C14H17BrN2O. The first-order valence-corrected chi connectivity index (χ1v) is 7.12. The highest BCUT2D eigenvalue weighted by Gasteiger charge is 2.26. The van der Waals surface area contributed by atoms with Crippen LogP contribution < -0.4 is 4.90 Å². The molecular weight excluding hydrogens is 292 g/mol. The minimum absolute atomic E-state index is 0.244. The van der Waals surface area contributed by atoms with Crippen LogP contribution in [0, 0.1) is 11.3 Å². The molecule has 1 heterocycles. The normalized spacial score (nSPS) is 18.9. The molecule has 18 heavy (non-hydrogen) atoms. The third kappa shape index (κ3) is 2.85. The lowest BCUT2D eigenvalue weighted by Crippen LogP contribution is -2.30. The molecule has 0 amide bonds. The van der Waals surface area contributed by atoms with Crippen molar-refractivity contribution in [3.05, 3.63) is 28.2 Å². The number of nitrogens with zero attached hydrogens (tertiary/aromatic N) is 2. The summed E-state index contributed by atoms with van der Waals surface area (Å²) in [5, 5.41) is 18.1. The fourth-order valence-corrected chi connectivity index (χ4v) is 2.97. The van der Waals surface area contributed by atoms with Crippen molar-refractivity contribution in [2.24, 2.45) is 0 Å². The van der Waals surface area contributed by atoms with Gasteiger partial charge in [-0.2, -0.15) is 5.26 Å². The average Bonchev–Trinajstić information content (AvgIpc) is 2.84. The molecule has 1 aromatic rings. The van der Waals surface area contributed by atoms with Crippen LogP contribution in [0.25, 0.3) is 0 Å². The fourth-order valence-electron chi connectivity index (χ4n) is 2.62. The summed E-state index contributed by atoms with van der Waals surface area (Å²) < 4.78 is 1.00. The first-order valence-electron chi connectivity index (χ1n) is 6.33. The number of anilines is 1. The molecule has 1 saturated heterocycles. The summed E-state index contributed by atoms with van der Waals surface area (Å²) >= 11 is 3.47. The standard InChI is InChI=1S/C14H17BrN2O/c15-12-6-5-11(10-16)14(9-12)17-7-1-3-13(17)4-2-8-18/h5-6,9,13,18H,1-4,7-8H2. The molecule has 1 aliphatic heterocycles. The Balaban J connectivity index is 2.24. The number of hydrogen-bond acceptors (Lipinski definition) is 3. The van der Waals surface area contributed by atoms with Crippen molar-refractivity contribution in [2.45, 2.75) is 31.7 Å². The van der Waals surface area contributed by atoms with Gasteiger partial charge in [-0.1, -0.05) is 15.9 Å². The second-order valence-electron chi connectivity index (χ2n) is 4.63. The van der Waals surface area contributed by atoms with Crippen molar-refractivity contribution in [1.82, 2.24) is 0 Å². The van der Waals surface area contributed by atoms with Gasteiger partial charge in [0.1, 0.15) is 6.07 Å². The maximum absolute atomic E-state index is 9.20. The molecule has 1 aromatic carbocycles. The first-order chi connectivity index (χ1) is 8.76. The fraction of sp³-hybridized carbons (Fsp3) is 0.500. The van der Waals surface area contributed by atoms with E-state index in [9.17, 15) is 5.26 Å². The van der Waals surface area contributed by atoms with Crippen LogP contribution >= 0.6 is 15.9 Å². The Labute approximate surface area is 116 Å². The first kappa shape index (κ1) is 13.4. The summed E-state index contributed by atoms with van der Waals surface area (Å²) in [5.74, 6) is 0. The summed E-state index contributed by atoms with van der Waals surface area (Å²) in [6.07, 6.45) is 4.13. The van der Waals surface area contributed by atoms with Crippen LogP contribution in [0.1, 0.15) is 31.2 Å². The molecule has 2 rings (SSSR count). The molecule has 1 N–H and O–H groups in total. The molecule has 0 saturated carbocycles. The molecule has 0 bridgehead atoms. The van der Waals surface area contributed by atoms with Gasteiger partial charge in [0.15, 0.2) is 0 Å². The lowest BCUT2D eigenvalue weighted by atomic mass is 10.1. The number of halogens is 1. The van der Waals surface area contributed by atoms with Crippen LogP contribution in [-0.4, -0.2) is 24.3 Å². The van der Waals surface area contributed by atoms with E-state index in [1.807, 2.05) is 18.2 Å². The monoisotopic (exact) mass is 308 g/mol. The minimum atomic E-state index is 0.244. The van der Waals surface area contributed by atoms with Gasteiger partial charge in [0.05, 0.1) is 11.3 Å². The van der Waals surface area contributed by atoms with Gasteiger partial charge in [-0.25, -0.2) is 0 Å². The number of aliphatic hydroxyl groups is 1. The molecule has 1 aliphatic rings. The van der Waals surface area contributed by atoms with E-state index < -0.39 is 0 Å². The average molecular weight is 309 g/mol. The maximum Gasteiger partial charge on any atom is 0.101 e. The van der Waals surface area contributed by atoms with Crippen LogP contribution in [-0.2, 0) is 0 Å². The van der Waals surface area contributed by atoms with Crippen molar-refractivity contribution >= 4 is 21.6 Å². The van der Waals surface area contributed by atoms with E-state index in [1.165, 1.54) is 0 Å². The van der Waals surface area contributed by atoms with Crippen molar-refractivity contribution < 1.29 is 5.11 Å². The number of hydrogen-bond donors (Lipinski definition) is 1. The highest BCUT2D eigenvalue weighted by atomic mass is 79.9. The molecule has 1 atom stereocenters. The second kappa shape index (κ2) is 6.21. The van der Waals surface area contributed by atoms with Crippen molar-refractivity contribution in [2.75, 3.05) is 18.1 Å². The Morgan fingerprint density at radius 3 is 3.06 bits per heavy atom. The van der Waals surface area contributed by atoms with Crippen LogP contribution in [0.3, 0.4) is 0 Å². The number of rotatable bonds is 4. The molecule has 0 spiro atoms. The van der Waals surface area contributed by atoms with Gasteiger partial charge in [-0.05, 0) is 43.9 Å². The van der Waals surface area contributed by atoms with Crippen LogP contribution in [0.2, 0.25) is 0 Å². The van der Waals surface area contributed by atoms with E-state index >= 15 is 0 Å². The van der Waals surface area contributed by atoms with E-state index in [0.717, 1.165) is 48.0 Å². The summed E-state index contributed by atoms with van der Waals surface area (Å²) in [7, 11) is 0. The van der Waals surface area contributed by atoms with E-state index in [4.69, 9.17) is 5.11 Å². The highest BCUT2D eigenvalue weighted by molar-refractivity contribution is 9.10. The van der Waals surface area contributed by atoms with Crippen molar-refractivity contribution in [1.29, 1.82) is 5.26 Å². The Hall–Kier alpha value is -1.05. The highest BCUT2D eigenvalue weighted by Crippen LogP contribution is 2.32. The summed E-state index contributed by atoms with van der Waals surface area (Å²) in [5.41, 5.74) is 1.75. The topological polar surface area (TPSA) is 47.3 Å². The number of benzene rings is 1. The molecule has 3 nitrogen and oxygen atoms in total. The van der Waals surface area contributed by atoms with Crippen LogP contribution in [0.4, 0.5) is 5.69 Å². The SMILES string of the molecule is N#Cc1ccc(Br)cc1N1CCCC1CCCO. The summed E-state index contributed by atoms with van der Waals surface area (Å²) in [6.45, 7) is 1.25. The second-order valence-corrected chi connectivity index (χ2v) is 5.54. The third-order valence-electron chi connectivity index (χ3n) is 3.46. The molecule has 0 aromatic heterocycles. The van der Waals surface area contributed by atoms with Crippen molar-refractivity contribution in [3.63, 3.8) is 0 Å². The molecule has 0 aliphatic carbocycles. The predicted molar refractivity (Wildman–Crippen MR) is 75.5 cm³/mol. The minimum Gasteiger partial charge on any atom is -0.396 e. The van der Waals surface area contributed by atoms with E-state index in [2.05, 4.69) is 26.9 Å². The quantitative estimate of drug-likeness (QED) is 0.930. The lowest BCUT2D eigenvalue weighted by molar-refractivity contribution is 0.279. The molecule has 1 unspecified atom stereocenters. The van der Waals surface area contributed by atoms with Gasteiger partial charge < -0.3 is 10.0 Å². The van der Waals surface area contributed by atoms with Gasteiger partial charge in [-0.3, -0.25) is 0 Å². The zero-order valence-electron chi connectivity index (χ0n) is 10.3. The van der Waals surface area contributed by atoms with Gasteiger partial charge in [-0.15, -0.1) is 0 Å². The number of nitriles is 1.